The van der Waals surface area contributed by atoms with E-state index in [9.17, 15) is 13.2 Å². The van der Waals surface area contributed by atoms with E-state index in [1.807, 2.05) is 55.8 Å². The van der Waals surface area contributed by atoms with E-state index in [1.54, 1.807) is 11.0 Å². The molecule has 7 heteroatoms. The number of carbonyl (C=O) groups excluding carboxylic acids is 1. The first-order chi connectivity index (χ1) is 12.8. The van der Waals surface area contributed by atoms with Crippen LogP contribution in [-0.4, -0.2) is 53.1 Å². The number of rotatable bonds is 5. The van der Waals surface area contributed by atoms with Crippen molar-refractivity contribution < 1.29 is 13.2 Å². The Morgan fingerprint density at radius 1 is 1.30 bits per heavy atom. The number of likely N-dealkylation sites (N-methyl/N-ethyl adjacent to an activating group) is 1. The molecule has 1 saturated heterocycles. The topological polar surface area (TPSA) is 72.3 Å². The molecule has 3 rings (SSSR count). The first-order valence-electron chi connectivity index (χ1n) is 9.13. The number of benzene rings is 1. The average Bonchev–Trinajstić information content (AvgIpc) is 3.13. The maximum atomic E-state index is 12.7. The molecule has 1 fully saturated rings. The Morgan fingerprint density at radius 3 is 2.59 bits per heavy atom. The van der Waals surface area contributed by atoms with Crippen molar-refractivity contribution in [2.75, 3.05) is 18.1 Å². The van der Waals surface area contributed by atoms with E-state index in [0.29, 0.717) is 13.0 Å². The van der Waals surface area contributed by atoms with Gasteiger partial charge in [0.15, 0.2) is 9.84 Å². The summed E-state index contributed by atoms with van der Waals surface area (Å²) in [7, 11) is -3.02. The zero-order valence-electron chi connectivity index (χ0n) is 15.9. The van der Waals surface area contributed by atoms with Gasteiger partial charge in [0.05, 0.1) is 22.9 Å². The van der Waals surface area contributed by atoms with Gasteiger partial charge in [0.2, 0.25) is 5.91 Å². The molecule has 2 heterocycles. The van der Waals surface area contributed by atoms with Crippen LogP contribution in [0.1, 0.15) is 30.3 Å². The Bertz CT molecular complexity index is 962. The summed E-state index contributed by atoms with van der Waals surface area (Å²) in [5.41, 5.74) is 3.67. The van der Waals surface area contributed by atoms with Crippen molar-refractivity contribution >= 4 is 21.8 Å². The van der Waals surface area contributed by atoms with E-state index >= 15 is 0 Å². The first kappa shape index (κ1) is 19.4. The van der Waals surface area contributed by atoms with Gasteiger partial charge in [-0.2, -0.15) is 5.10 Å². The van der Waals surface area contributed by atoms with Gasteiger partial charge in [-0.25, -0.2) is 13.1 Å². The van der Waals surface area contributed by atoms with Crippen LogP contribution in [-0.2, 0) is 14.6 Å². The van der Waals surface area contributed by atoms with Gasteiger partial charge in [0.25, 0.3) is 0 Å². The van der Waals surface area contributed by atoms with Crippen LogP contribution < -0.4 is 0 Å². The summed E-state index contributed by atoms with van der Waals surface area (Å²) in [5.74, 6) is 0.0586. The lowest BCUT2D eigenvalue weighted by Crippen LogP contribution is -2.40. The Hall–Kier alpha value is -2.41. The Balaban J connectivity index is 1.81. The minimum Gasteiger partial charge on any atom is -0.335 e. The molecular formula is C20H25N3O3S. The van der Waals surface area contributed by atoms with Gasteiger partial charge in [-0.05, 0) is 45.4 Å². The highest BCUT2D eigenvalue weighted by Crippen LogP contribution is 2.21. The summed E-state index contributed by atoms with van der Waals surface area (Å²) >= 11 is 0. The molecule has 1 unspecified atom stereocenters. The number of aromatic nitrogens is 2. The van der Waals surface area contributed by atoms with Crippen molar-refractivity contribution in [3.05, 3.63) is 53.4 Å². The molecule has 0 aliphatic carbocycles. The van der Waals surface area contributed by atoms with E-state index in [4.69, 9.17) is 0 Å². The smallest absolute Gasteiger partial charge is 0.246 e. The number of sulfone groups is 1. The molecular weight excluding hydrogens is 362 g/mol. The first-order valence-corrected chi connectivity index (χ1v) is 10.9. The van der Waals surface area contributed by atoms with E-state index in [-0.39, 0.29) is 23.5 Å². The van der Waals surface area contributed by atoms with Crippen LogP contribution in [0.5, 0.6) is 0 Å². The molecule has 0 saturated carbocycles. The van der Waals surface area contributed by atoms with Gasteiger partial charge in [0, 0.05) is 29.9 Å². The monoisotopic (exact) mass is 387 g/mol. The second kappa shape index (κ2) is 7.68. The molecule has 1 amide bonds. The molecule has 6 nitrogen and oxygen atoms in total. The van der Waals surface area contributed by atoms with Crippen LogP contribution in [0.2, 0.25) is 0 Å². The fraction of sp³-hybridized carbons (Fsp3) is 0.400. The fourth-order valence-electron chi connectivity index (χ4n) is 3.58. The van der Waals surface area contributed by atoms with Crippen LogP contribution in [0, 0.1) is 13.8 Å². The van der Waals surface area contributed by atoms with Gasteiger partial charge < -0.3 is 4.90 Å². The second-order valence-electron chi connectivity index (χ2n) is 6.85. The van der Waals surface area contributed by atoms with Crippen LogP contribution in [0.3, 0.4) is 0 Å². The lowest BCUT2D eigenvalue weighted by molar-refractivity contribution is -0.127. The van der Waals surface area contributed by atoms with Crippen molar-refractivity contribution in [2.24, 2.45) is 0 Å². The number of nitrogens with zero attached hydrogens (tertiary/aromatic N) is 3. The lowest BCUT2D eigenvalue weighted by atomic mass is 10.1. The minimum atomic E-state index is -3.02. The van der Waals surface area contributed by atoms with Crippen LogP contribution in [0.25, 0.3) is 11.8 Å². The summed E-state index contributed by atoms with van der Waals surface area (Å²) in [6, 6.07) is 9.61. The predicted octanol–water partition coefficient (Wildman–Crippen LogP) is 2.54. The maximum Gasteiger partial charge on any atom is 0.246 e. The van der Waals surface area contributed by atoms with Crippen LogP contribution >= 0.6 is 0 Å². The molecule has 2 aromatic rings. The van der Waals surface area contributed by atoms with E-state index in [1.165, 1.54) is 6.08 Å². The lowest BCUT2D eigenvalue weighted by Gasteiger charge is -2.25. The zero-order valence-corrected chi connectivity index (χ0v) is 16.7. The van der Waals surface area contributed by atoms with Crippen molar-refractivity contribution in [3.8, 4) is 5.69 Å². The van der Waals surface area contributed by atoms with E-state index < -0.39 is 9.84 Å². The molecule has 1 atom stereocenters. The number of para-hydroxylation sites is 1. The Morgan fingerprint density at radius 2 is 2.00 bits per heavy atom. The third kappa shape index (κ3) is 4.13. The highest BCUT2D eigenvalue weighted by atomic mass is 32.2. The zero-order chi connectivity index (χ0) is 19.6. The Kier molecular flexibility index (Phi) is 5.51. The van der Waals surface area contributed by atoms with E-state index in [2.05, 4.69) is 5.10 Å². The van der Waals surface area contributed by atoms with Crippen molar-refractivity contribution in [1.82, 2.24) is 14.7 Å². The number of aryl methyl sites for hydroxylation is 1. The molecule has 0 radical (unpaired) electrons. The minimum absolute atomic E-state index is 0.0599. The number of hydrogen-bond donors (Lipinski definition) is 0. The van der Waals surface area contributed by atoms with Gasteiger partial charge in [0.1, 0.15) is 0 Å². The number of carbonyl (C=O) groups is 1. The third-order valence-corrected chi connectivity index (χ3v) is 6.76. The maximum absolute atomic E-state index is 12.7. The predicted molar refractivity (Wildman–Crippen MR) is 107 cm³/mol. The van der Waals surface area contributed by atoms with E-state index in [0.717, 1.165) is 22.6 Å². The normalized spacial score (nSPS) is 18.9. The largest absolute Gasteiger partial charge is 0.335 e. The summed E-state index contributed by atoms with van der Waals surface area (Å²) in [5, 5.41) is 4.58. The molecule has 0 N–H and O–H groups in total. The molecule has 27 heavy (non-hydrogen) atoms. The summed E-state index contributed by atoms with van der Waals surface area (Å²) in [6.45, 7) is 6.25. The van der Waals surface area contributed by atoms with Crippen molar-refractivity contribution in [2.45, 2.75) is 33.2 Å². The summed E-state index contributed by atoms with van der Waals surface area (Å²) in [6.07, 6.45) is 3.83. The third-order valence-electron chi connectivity index (χ3n) is 5.01. The average molecular weight is 388 g/mol. The highest BCUT2D eigenvalue weighted by Gasteiger charge is 2.33. The SMILES string of the molecule is CCN(C(=O)/C=C/c1c(C)nn(-c2ccccc2)c1C)C1CCS(=O)(=O)C1. The standard InChI is InChI=1S/C20H25N3O3S/c1-4-22(18-12-13-27(25,26)14-18)20(24)11-10-19-15(2)21-23(16(19)3)17-8-6-5-7-9-17/h5-11,18H,4,12-14H2,1-3H3/b11-10+. The van der Waals surface area contributed by atoms with Gasteiger partial charge >= 0.3 is 0 Å². The molecule has 0 bridgehead atoms. The number of hydrogen-bond acceptors (Lipinski definition) is 4. The van der Waals surface area contributed by atoms with Crippen molar-refractivity contribution in [3.63, 3.8) is 0 Å². The number of amides is 1. The second-order valence-corrected chi connectivity index (χ2v) is 9.08. The van der Waals surface area contributed by atoms with Gasteiger partial charge in [-0.3, -0.25) is 4.79 Å². The fourth-order valence-corrected chi connectivity index (χ4v) is 5.31. The Labute approximate surface area is 160 Å². The molecule has 1 aromatic heterocycles. The molecule has 144 valence electrons. The van der Waals surface area contributed by atoms with Gasteiger partial charge in [-0.1, -0.05) is 18.2 Å². The summed E-state index contributed by atoms with van der Waals surface area (Å²) in [4.78, 5) is 14.3. The van der Waals surface area contributed by atoms with Gasteiger partial charge in [-0.15, -0.1) is 0 Å². The highest BCUT2D eigenvalue weighted by molar-refractivity contribution is 7.91. The molecule has 1 aliphatic rings. The molecule has 1 aromatic carbocycles. The molecule has 0 spiro atoms. The summed E-state index contributed by atoms with van der Waals surface area (Å²) < 4.78 is 25.3. The van der Waals surface area contributed by atoms with Crippen LogP contribution in [0.4, 0.5) is 0 Å². The van der Waals surface area contributed by atoms with Crippen molar-refractivity contribution in [1.29, 1.82) is 0 Å². The van der Waals surface area contributed by atoms with Crippen LogP contribution in [0.15, 0.2) is 36.4 Å². The quantitative estimate of drug-likeness (QED) is 0.739. The molecule has 1 aliphatic heterocycles.